The van der Waals surface area contributed by atoms with Gasteiger partial charge in [-0.3, -0.25) is 23.9 Å². The van der Waals surface area contributed by atoms with Crippen molar-refractivity contribution in [2.45, 2.75) is 89.8 Å². The summed E-state index contributed by atoms with van der Waals surface area (Å²) in [6, 6.07) is 27.4. The van der Waals surface area contributed by atoms with Crippen LogP contribution in [-0.2, 0) is 34.0 Å². The second-order valence-corrected chi connectivity index (χ2v) is 14.3. The summed E-state index contributed by atoms with van der Waals surface area (Å²) in [6.07, 6.45) is -0.947. The molecule has 4 aromatic rings. The summed E-state index contributed by atoms with van der Waals surface area (Å²) in [6.45, 7) is 8.58. The average molecular weight is 739 g/mol. The maximum absolute atomic E-state index is 14.1. The molecular weight excluding hydrogens is 688 g/mol. The zero-order chi connectivity index (χ0) is 39.0. The number of aromatic nitrogens is 2. The quantitative estimate of drug-likeness (QED) is 0.117. The van der Waals surface area contributed by atoms with Gasteiger partial charge in [0.15, 0.2) is 0 Å². The number of rotatable bonds is 15. The number of hydrogen-bond acceptors (Lipinski definition) is 9. The number of amides is 1. The number of aromatic amines is 1. The van der Waals surface area contributed by atoms with Crippen molar-refractivity contribution in [1.82, 2.24) is 14.9 Å². The van der Waals surface area contributed by atoms with Gasteiger partial charge in [0.2, 0.25) is 5.91 Å². The zero-order valence-electron chi connectivity index (χ0n) is 31.4. The molecule has 1 aliphatic heterocycles. The van der Waals surface area contributed by atoms with Gasteiger partial charge in [-0.15, -0.1) is 0 Å². The van der Waals surface area contributed by atoms with Crippen molar-refractivity contribution >= 4 is 17.8 Å². The maximum Gasteiger partial charge on any atom is 0.330 e. The number of esters is 2. The van der Waals surface area contributed by atoms with Crippen LogP contribution in [0.4, 0.5) is 0 Å². The standard InChI is InChI=1S/C42H50N4O8/c1-6-27(4)36(43)39(49)44-37(26(2)3)40(50)54-32-22-34(46-24-28(5)38(48)45-41(46)51)53-33(32)25-52-35(47)23-42(29-16-10-7-11-17-29,30-18-12-8-13-19-30)31-20-14-9-15-21-31/h7-21,24,26-27,32-34,36-37H,6,22-23,25,43H2,1-5H3,(H,44,49)(H,45,48,51)/t27-,32-,33+,34+,36-,37-/m0/s1. The highest BCUT2D eigenvalue weighted by atomic mass is 16.6. The first-order valence-corrected chi connectivity index (χ1v) is 18.4. The smallest absolute Gasteiger partial charge is 0.330 e. The second-order valence-electron chi connectivity index (χ2n) is 14.3. The molecule has 3 aromatic carbocycles. The SMILES string of the molecule is CC[C@H](C)[C@H](N)C(=O)N[C@H](C(=O)O[C@H]1C[C@H](n2cc(C)c(=O)[nH]c2=O)O[C@@H]1COC(=O)CC(c1ccccc1)(c1ccccc1)c1ccccc1)C(C)C. The van der Waals surface area contributed by atoms with Crippen LogP contribution in [0.25, 0.3) is 0 Å². The van der Waals surface area contributed by atoms with Crippen molar-refractivity contribution in [2.24, 2.45) is 17.6 Å². The Bertz CT molecular complexity index is 1900. The van der Waals surface area contributed by atoms with E-state index in [4.69, 9.17) is 19.9 Å². The van der Waals surface area contributed by atoms with Crippen LogP contribution >= 0.6 is 0 Å². The van der Waals surface area contributed by atoms with Crippen LogP contribution in [0.15, 0.2) is 107 Å². The minimum Gasteiger partial charge on any atom is -0.463 e. The lowest BCUT2D eigenvalue weighted by Crippen LogP contribution is -2.53. The molecule has 1 aromatic heterocycles. The molecule has 286 valence electrons. The largest absolute Gasteiger partial charge is 0.463 e. The lowest BCUT2D eigenvalue weighted by Gasteiger charge is -2.35. The fraction of sp³-hybridized carbons (Fsp3) is 0.405. The maximum atomic E-state index is 14.1. The van der Waals surface area contributed by atoms with Gasteiger partial charge in [0, 0.05) is 18.2 Å². The van der Waals surface area contributed by atoms with Crippen LogP contribution in [0.1, 0.15) is 75.4 Å². The van der Waals surface area contributed by atoms with Gasteiger partial charge in [-0.25, -0.2) is 9.59 Å². The summed E-state index contributed by atoms with van der Waals surface area (Å²) in [5.74, 6) is -2.19. The van der Waals surface area contributed by atoms with Crippen molar-refractivity contribution in [3.63, 3.8) is 0 Å². The number of H-pyrrole nitrogens is 1. The van der Waals surface area contributed by atoms with E-state index in [1.807, 2.05) is 105 Å². The third kappa shape index (κ3) is 8.88. The number of nitrogens with zero attached hydrogens (tertiary/aromatic N) is 1. The summed E-state index contributed by atoms with van der Waals surface area (Å²) < 4.78 is 19.5. The monoisotopic (exact) mass is 738 g/mol. The molecule has 12 heteroatoms. The molecule has 0 radical (unpaired) electrons. The molecular formula is C42H50N4O8. The molecule has 4 N–H and O–H groups in total. The molecule has 1 aliphatic rings. The molecule has 0 unspecified atom stereocenters. The molecule has 0 aliphatic carbocycles. The predicted molar refractivity (Wildman–Crippen MR) is 203 cm³/mol. The van der Waals surface area contributed by atoms with Crippen molar-refractivity contribution in [1.29, 1.82) is 0 Å². The van der Waals surface area contributed by atoms with E-state index in [0.29, 0.717) is 6.42 Å². The number of carbonyl (C=O) groups is 3. The van der Waals surface area contributed by atoms with Crippen molar-refractivity contribution in [2.75, 3.05) is 6.61 Å². The molecule has 1 fully saturated rings. The van der Waals surface area contributed by atoms with Gasteiger partial charge >= 0.3 is 17.6 Å². The first kappa shape index (κ1) is 39.9. The number of carbonyl (C=O) groups excluding carboxylic acids is 3. The summed E-state index contributed by atoms with van der Waals surface area (Å²) in [4.78, 5) is 68.1. The van der Waals surface area contributed by atoms with E-state index in [0.717, 1.165) is 16.7 Å². The molecule has 0 bridgehead atoms. The summed E-state index contributed by atoms with van der Waals surface area (Å²) in [7, 11) is 0. The van der Waals surface area contributed by atoms with Gasteiger partial charge in [-0.1, -0.05) is 125 Å². The average Bonchev–Trinajstić information content (AvgIpc) is 3.58. The Balaban J connectivity index is 1.42. The minimum atomic E-state index is -1.03. The number of nitrogens with two attached hydrogens (primary N) is 1. The molecule has 0 spiro atoms. The van der Waals surface area contributed by atoms with Gasteiger partial charge in [-0.05, 0) is 35.4 Å². The number of benzene rings is 3. The normalized spacial score (nSPS) is 18.8. The number of ether oxygens (including phenoxy) is 3. The van der Waals surface area contributed by atoms with Gasteiger partial charge in [0.1, 0.15) is 31.1 Å². The molecule has 0 saturated carbocycles. The Morgan fingerprint density at radius 3 is 1.96 bits per heavy atom. The molecule has 5 rings (SSSR count). The Hall–Kier alpha value is -5.33. The van der Waals surface area contributed by atoms with Crippen molar-refractivity contribution in [3.05, 3.63) is 140 Å². The van der Waals surface area contributed by atoms with E-state index in [2.05, 4.69) is 10.3 Å². The number of hydrogen-bond donors (Lipinski definition) is 3. The summed E-state index contributed by atoms with van der Waals surface area (Å²) in [5.41, 5.74) is 6.97. The van der Waals surface area contributed by atoms with Gasteiger partial charge in [0.05, 0.1) is 17.9 Å². The first-order chi connectivity index (χ1) is 25.8. The Morgan fingerprint density at radius 2 is 1.46 bits per heavy atom. The van der Waals surface area contributed by atoms with Crippen molar-refractivity contribution in [3.8, 4) is 0 Å². The van der Waals surface area contributed by atoms with Crippen molar-refractivity contribution < 1.29 is 28.6 Å². The topological polar surface area (TPSA) is 172 Å². The van der Waals surface area contributed by atoms with E-state index >= 15 is 0 Å². The van der Waals surface area contributed by atoms with Crippen LogP contribution in [0.2, 0.25) is 0 Å². The van der Waals surface area contributed by atoms with Crippen LogP contribution in [-0.4, -0.2) is 58.3 Å². The van der Waals surface area contributed by atoms with Crippen LogP contribution in [0.3, 0.4) is 0 Å². The van der Waals surface area contributed by atoms with Crippen LogP contribution in [0, 0.1) is 18.8 Å². The zero-order valence-corrected chi connectivity index (χ0v) is 31.4. The van der Waals surface area contributed by atoms with E-state index < -0.39 is 65.0 Å². The predicted octanol–water partition coefficient (Wildman–Crippen LogP) is 4.53. The van der Waals surface area contributed by atoms with Gasteiger partial charge < -0.3 is 25.3 Å². The lowest BCUT2D eigenvalue weighted by atomic mass is 9.67. The van der Waals surface area contributed by atoms with E-state index in [1.54, 1.807) is 20.8 Å². The molecule has 1 amide bonds. The number of nitrogens with one attached hydrogen (secondary N) is 2. The molecule has 6 atom stereocenters. The molecule has 2 heterocycles. The highest BCUT2D eigenvalue weighted by molar-refractivity contribution is 5.87. The molecule has 1 saturated heterocycles. The highest BCUT2D eigenvalue weighted by Crippen LogP contribution is 2.42. The second kappa shape index (κ2) is 17.7. The number of aryl methyl sites for hydroxylation is 1. The first-order valence-electron chi connectivity index (χ1n) is 18.4. The van der Waals surface area contributed by atoms with Crippen LogP contribution in [0.5, 0.6) is 0 Å². The Morgan fingerprint density at radius 1 is 0.926 bits per heavy atom. The van der Waals surface area contributed by atoms with Crippen LogP contribution < -0.4 is 22.3 Å². The Labute approximate surface area is 315 Å². The van der Waals surface area contributed by atoms with Gasteiger partial charge in [-0.2, -0.15) is 0 Å². The molecule has 12 nitrogen and oxygen atoms in total. The van der Waals surface area contributed by atoms with E-state index in [9.17, 15) is 24.0 Å². The summed E-state index contributed by atoms with van der Waals surface area (Å²) >= 11 is 0. The third-order valence-electron chi connectivity index (χ3n) is 10.3. The lowest BCUT2D eigenvalue weighted by molar-refractivity contribution is -0.162. The fourth-order valence-electron chi connectivity index (χ4n) is 6.84. The Kier molecular flexibility index (Phi) is 13.0. The molecule has 54 heavy (non-hydrogen) atoms. The highest BCUT2D eigenvalue weighted by Gasteiger charge is 2.43. The third-order valence-corrected chi connectivity index (χ3v) is 10.3. The minimum absolute atomic E-state index is 0.00642. The van der Waals surface area contributed by atoms with E-state index in [-0.39, 0.29) is 36.8 Å². The summed E-state index contributed by atoms with van der Waals surface area (Å²) in [5, 5.41) is 2.75. The fourth-order valence-corrected chi connectivity index (χ4v) is 6.84. The van der Waals surface area contributed by atoms with Gasteiger partial charge in [0.25, 0.3) is 5.56 Å². The van der Waals surface area contributed by atoms with E-state index in [1.165, 1.54) is 10.8 Å².